The van der Waals surface area contributed by atoms with Crippen LogP contribution in [-0.4, -0.2) is 24.6 Å². The summed E-state index contributed by atoms with van der Waals surface area (Å²) in [5.41, 5.74) is 4.47. The number of carbonyl (C=O) groups is 2. The highest BCUT2D eigenvalue weighted by Crippen LogP contribution is 2.13. The standard InChI is InChI=1S/C21H36O4/c1-7-9-11-17(5)14-15-18(6)12-10-13-19(22)25-20(16(3)4)21(23)24-8-2/h14,16-17,20H,7-13H2,1-6H3. The molecule has 0 aromatic rings. The summed E-state index contributed by atoms with van der Waals surface area (Å²) in [4.78, 5) is 23.8. The number of rotatable bonds is 12. The fourth-order valence-electron chi connectivity index (χ4n) is 2.35. The Bertz CT molecular complexity index is 459. The lowest BCUT2D eigenvalue weighted by Gasteiger charge is -2.19. The molecule has 0 radical (unpaired) electrons. The van der Waals surface area contributed by atoms with Crippen LogP contribution in [-0.2, 0) is 19.1 Å². The molecule has 0 rings (SSSR count). The smallest absolute Gasteiger partial charge is 0.347 e. The minimum absolute atomic E-state index is 0.0998. The third-order valence-corrected chi connectivity index (χ3v) is 3.94. The summed E-state index contributed by atoms with van der Waals surface area (Å²) >= 11 is 0. The van der Waals surface area contributed by atoms with Crippen molar-refractivity contribution in [1.29, 1.82) is 0 Å². The summed E-state index contributed by atoms with van der Waals surface area (Å²) in [6.45, 7) is 12.1. The number of ether oxygens (including phenoxy) is 2. The van der Waals surface area contributed by atoms with E-state index in [1.807, 2.05) is 20.8 Å². The minimum atomic E-state index is -0.816. The third kappa shape index (κ3) is 11.6. The van der Waals surface area contributed by atoms with Gasteiger partial charge in [0.05, 0.1) is 6.61 Å². The molecule has 2 unspecified atom stereocenters. The quantitative estimate of drug-likeness (QED) is 0.357. The first-order valence-corrected chi connectivity index (χ1v) is 9.60. The van der Waals surface area contributed by atoms with Crippen LogP contribution < -0.4 is 0 Å². The minimum Gasteiger partial charge on any atom is -0.463 e. The molecule has 0 spiro atoms. The molecule has 0 amide bonds. The maximum absolute atomic E-state index is 12.0. The van der Waals surface area contributed by atoms with E-state index in [0.717, 1.165) is 12.0 Å². The molecule has 4 heteroatoms. The van der Waals surface area contributed by atoms with E-state index < -0.39 is 12.1 Å². The fraction of sp³-hybridized carbons (Fsp3) is 0.762. The number of esters is 2. The van der Waals surface area contributed by atoms with E-state index in [9.17, 15) is 9.59 Å². The van der Waals surface area contributed by atoms with Gasteiger partial charge in [-0.15, -0.1) is 5.73 Å². The predicted molar refractivity (Wildman–Crippen MR) is 101 cm³/mol. The number of unbranched alkanes of at least 4 members (excludes halogenated alkanes) is 1. The average molecular weight is 353 g/mol. The first kappa shape index (κ1) is 23.5. The highest BCUT2D eigenvalue weighted by atomic mass is 16.6. The van der Waals surface area contributed by atoms with Gasteiger partial charge in [-0.1, -0.05) is 40.5 Å². The van der Waals surface area contributed by atoms with Gasteiger partial charge in [0, 0.05) is 12.3 Å². The van der Waals surface area contributed by atoms with Crippen LogP contribution in [0.25, 0.3) is 0 Å². The van der Waals surface area contributed by atoms with Crippen LogP contribution in [0, 0.1) is 11.8 Å². The van der Waals surface area contributed by atoms with Crippen LogP contribution in [0.1, 0.15) is 80.1 Å². The molecule has 0 saturated carbocycles. The van der Waals surface area contributed by atoms with Crippen molar-refractivity contribution in [2.24, 2.45) is 11.8 Å². The summed E-state index contributed by atoms with van der Waals surface area (Å²) in [5, 5.41) is 0. The summed E-state index contributed by atoms with van der Waals surface area (Å²) in [6, 6.07) is 0. The van der Waals surface area contributed by atoms with Gasteiger partial charge in [-0.05, 0) is 50.7 Å². The average Bonchev–Trinajstić information content (AvgIpc) is 2.55. The highest BCUT2D eigenvalue weighted by Gasteiger charge is 2.27. The Kier molecular flexibility index (Phi) is 12.9. The first-order valence-electron chi connectivity index (χ1n) is 9.60. The molecule has 0 aromatic carbocycles. The van der Waals surface area contributed by atoms with Crippen molar-refractivity contribution < 1.29 is 19.1 Å². The zero-order chi connectivity index (χ0) is 19.2. The normalized spacial score (nSPS) is 12.9. The van der Waals surface area contributed by atoms with Gasteiger partial charge >= 0.3 is 11.9 Å². The van der Waals surface area contributed by atoms with E-state index in [4.69, 9.17) is 9.47 Å². The van der Waals surface area contributed by atoms with E-state index >= 15 is 0 Å². The largest absolute Gasteiger partial charge is 0.463 e. The van der Waals surface area contributed by atoms with Crippen molar-refractivity contribution in [3.05, 3.63) is 17.4 Å². The van der Waals surface area contributed by atoms with E-state index in [0.29, 0.717) is 18.8 Å². The first-order chi connectivity index (χ1) is 11.8. The van der Waals surface area contributed by atoms with E-state index in [1.165, 1.54) is 19.3 Å². The number of allylic oxidation sites excluding steroid dienone is 1. The van der Waals surface area contributed by atoms with E-state index in [1.54, 1.807) is 6.92 Å². The second-order valence-electron chi connectivity index (χ2n) is 6.97. The Morgan fingerprint density at radius 2 is 1.76 bits per heavy atom. The van der Waals surface area contributed by atoms with Crippen molar-refractivity contribution in [2.45, 2.75) is 86.2 Å². The summed E-state index contributed by atoms with van der Waals surface area (Å²) in [5.74, 6) is -0.376. The Morgan fingerprint density at radius 1 is 1.08 bits per heavy atom. The van der Waals surface area contributed by atoms with Crippen molar-refractivity contribution in [3.63, 3.8) is 0 Å². The molecule has 0 bridgehead atoms. The van der Waals surface area contributed by atoms with Crippen LogP contribution in [0.3, 0.4) is 0 Å². The number of hydrogen-bond acceptors (Lipinski definition) is 4. The predicted octanol–water partition coefficient (Wildman–Crippen LogP) is 5.22. The molecule has 25 heavy (non-hydrogen) atoms. The van der Waals surface area contributed by atoms with Gasteiger partial charge in [-0.2, -0.15) is 0 Å². The highest BCUT2D eigenvalue weighted by molar-refractivity contribution is 5.79. The molecule has 0 saturated heterocycles. The van der Waals surface area contributed by atoms with Gasteiger partial charge in [0.15, 0.2) is 0 Å². The monoisotopic (exact) mass is 352 g/mol. The lowest BCUT2D eigenvalue weighted by Crippen LogP contribution is -2.33. The molecular formula is C21H36O4. The maximum Gasteiger partial charge on any atom is 0.347 e. The van der Waals surface area contributed by atoms with Crippen LogP contribution >= 0.6 is 0 Å². The van der Waals surface area contributed by atoms with Crippen LogP contribution in [0.15, 0.2) is 17.4 Å². The molecule has 0 fully saturated rings. The van der Waals surface area contributed by atoms with Crippen molar-refractivity contribution in [3.8, 4) is 0 Å². The number of hydrogen-bond donors (Lipinski definition) is 0. The molecule has 2 atom stereocenters. The molecule has 0 aromatic heterocycles. The molecule has 0 heterocycles. The summed E-state index contributed by atoms with van der Waals surface area (Å²) in [6.07, 6.45) is 6.75. The van der Waals surface area contributed by atoms with E-state index in [2.05, 4.69) is 25.7 Å². The molecule has 0 N–H and O–H groups in total. The van der Waals surface area contributed by atoms with Crippen LogP contribution in [0.5, 0.6) is 0 Å². The van der Waals surface area contributed by atoms with Crippen LogP contribution in [0.2, 0.25) is 0 Å². The summed E-state index contributed by atoms with van der Waals surface area (Å²) < 4.78 is 10.3. The molecule has 144 valence electrons. The van der Waals surface area contributed by atoms with Crippen molar-refractivity contribution >= 4 is 11.9 Å². The Hall–Kier alpha value is -1.54. The third-order valence-electron chi connectivity index (χ3n) is 3.94. The fourth-order valence-corrected chi connectivity index (χ4v) is 2.35. The molecule has 0 aliphatic carbocycles. The molecule has 0 aliphatic rings. The van der Waals surface area contributed by atoms with Crippen molar-refractivity contribution in [1.82, 2.24) is 0 Å². The Labute approximate surface area is 153 Å². The molecular weight excluding hydrogens is 316 g/mol. The van der Waals surface area contributed by atoms with Gasteiger partial charge in [-0.25, -0.2) is 4.79 Å². The number of carbonyl (C=O) groups excluding carboxylic acids is 2. The van der Waals surface area contributed by atoms with Crippen LogP contribution in [0.4, 0.5) is 0 Å². The van der Waals surface area contributed by atoms with Gasteiger partial charge in [0.25, 0.3) is 0 Å². The zero-order valence-corrected chi connectivity index (χ0v) is 16.9. The van der Waals surface area contributed by atoms with Gasteiger partial charge < -0.3 is 9.47 Å². The Balaban J connectivity index is 4.32. The van der Waals surface area contributed by atoms with Gasteiger partial charge in [-0.3, -0.25) is 4.79 Å². The zero-order valence-electron chi connectivity index (χ0n) is 16.9. The summed E-state index contributed by atoms with van der Waals surface area (Å²) in [7, 11) is 0. The SMILES string of the molecule is CCCCC(C)C=C=C(C)CCCC(=O)OC(C(=O)OCC)C(C)C. The van der Waals surface area contributed by atoms with Gasteiger partial charge in [0.1, 0.15) is 0 Å². The second-order valence-corrected chi connectivity index (χ2v) is 6.97. The van der Waals surface area contributed by atoms with E-state index in [-0.39, 0.29) is 18.5 Å². The Morgan fingerprint density at radius 3 is 2.32 bits per heavy atom. The maximum atomic E-state index is 12.0. The second kappa shape index (κ2) is 13.7. The lowest BCUT2D eigenvalue weighted by molar-refractivity contribution is -0.170. The lowest BCUT2D eigenvalue weighted by atomic mass is 10.0. The molecule has 4 nitrogen and oxygen atoms in total. The van der Waals surface area contributed by atoms with Gasteiger partial charge in [0.2, 0.25) is 6.10 Å². The topological polar surface area (TPSA) is 52.6 Å². The van der Waals surface area contributed by atoms with Crippen molar-refractivity contribution in [2.75, 3.05) is 6.61 Å². The molecule has 0 aliphatic heterocycles.